The van der Waals surface area contributed by atoms with Crippen LogP contribution in [0.25, 0.3) is 0 Å². The molecule has 0 aliphatic carbocycles. The SMILES string of the molecule is CCc1nc(N)cc(Nc2cc(C)c(Cl)cc2OC)n1. The molecule has 0 fully saturated rings. The van der Waals surface area contributed by atoms with Gasteiger partial charge in [-0.1, -0.05) is 18.5 Å². The van der Waals surface area contributed by atoms with Crippen LogP contribution in [-0.2, 0) is 6.42 Å². The standard InChI is InChI=1S/C14H17ClN4O/c1-4-13-18-12(16)7-14(19-13)17-10-5-8(2)9(15)6-11(10)20-3/h5-7H,4H2,1-3H3,(H3,16,17,18,19). The van der Waals surface area contributed by atoms with E-state index >= 15 is 0 Å². The van der Waals surface area contributed by atoms with Crippen molar-refractivity contribution in [1.29, 1.82) is 0 Å². The summed E-state index contributed by atoms with van der Waals surface area (Å²) in [7, 11) is 1.60. The Morgan fingerprint density at radius 3 is 2.70 bits per heavy atom. The molecule has 3 N–H and O–H groups in total. The average molecular weight is 293 g/mol. The van der Waals surface area contributed by atoms with E-state index in [0.29, 0.717) is 28.2 Å². The molecule has 20 heavy (non-hydrogen) atoms. The van der Waals surface area contributed by atoms with Gasteiger partial charge in [0.1, 0.15) is 23.2 Å². The van der Waals surface area contributed by atoms with E-state index in [-0.39, 0.29) is 0 Å². The predicted molar refractivity (Wildman–Crippen MR) is 81.8 cm³/mol. The highest BCUT2D eigenvalue weighted by molar-refractivity contribution is 6.31. The summed E-state index contributed by atoms with van der Waals surface area (Å²) in [6.45, 7) is 3.91. The molecule has 0 saturated heterocycles. The minimum Gasteiger partial charge on any atom is -0.495 e. The molecule has 1 heterocycles. The Morgan fingerprint density at radius 1 is 1.30 bits per heavy atom. The first kappa shape index (κ1) is 14.4. The van der Waals surface area contributed by atoms with Crippen molar-refractivity contribution in [3.8, 4) is 5.75 Å². The minimum atomic E-state index is 0.434. The van der Waals surface area contributed by atoms with Gasteiger partial charge in [0.2, 0.25) is 0 Å². The van der Waals surface area contributed by atoms with Crippen molar-refractivity contribution < 1.29 is 4.74 Å². The summed E-state index contributed by atoms with van der Waals surface area (Å²) in [5, 5.41) is 3.85. The zero-order chi connectivity index (χ0) is 14.7. The molecule has 106 valence electrons. The Labute approximate surface area is 123 Å². The number of nitrogen functional groups attached to an aromatic ring is 1. The first-order chi connectivity index (χ1) is 9.53. The maximum absolute atomic E-state index is 6.09. The van der Waals surface area contributed by atoms with Crippen LogP contribution in [0, 0.1) is 6.92 Å². The molecule has 0 saturated carbocycles. The summed E-state index contributed by atoms with van der Waals surface area (Å²) in [5.74, 6) is 2.41. The molecular formula is C14H17ClN4O. The molecule has 0 unspecified atom stereocenters. The van der Waals surface area contributed by atoms with E-state index in [2.05, 4.69) is 15.3 Å². The summed E-state index contributed by atoms with van der Waals surface area (Å²) in [5.41, 5.74) is 7.51. The van der Waals surface area contributed by atoms with E-state index in [4.69, 9.17) is 22.1 Å². The quantitative estimate of drug-likeness (QED) is 0.904. The van der Waals surface area contributed by atoms with Crippen molar-refractivity contribution in [2.24, 2.45) is 0 Å². The number of nitrogens with zero attached hydrogens (tertiary/aromatic N) is 2. The summed E-state index contributed by atoms with van der Waals surface area (Å²) in [6, 6.07) is 5.36. The predicted octanol–water partition coefficient (Wildman–Crippen LogP) is 3.34. The number of benzene rings is 1. The Morgan fingerprint density at radius 2 is 2.05 bits per heavy atom. The summed E-state index contributed by atoms with van der Waals surface area (Å²) in [6.07, 6.45) is 0.719. The lowest BCUT2D eigenvalue weighted by Crippen LogP contribution is -2.03. The molecule has 0 atom stereocenters. The number of halogens is 1. The van der Waals surface area contributed by atoms with Gasteiger partial charge in [0, 0.05) is 23.6 Å². The minimum absolute atomic E-state index is 0.434. The second kappa shape index (κ2) is 5.96. The van der Waals surface area contributed by atoms with Gasteiger partial charge >= 0.3 is 0 Å². The van der Waals surface area contributed by atoms with Gasteiger partial charge in [0.05, 0.1) is 12.8 Å². The van der Waals surface area contributed by atoms with Crippen LogP contribution in [0.3, 0.4) is 0 Å². The maximum atomic E-state index is 6.09. The Bertz CT molecular complexity index is 631. The van der Waals surface area contributed by atoms with E-state index in [1.165, 1.54) is 0 Å². The van der Waals surface area contributed by atoms with Gasteiger partial charge in [-0.05, 0) is 18.6 Å². The fourth-order valence-corrected chi connectivity index (χ4v) is 1.96. The maximum Gasteiger partial charge on any atom is 0.143 e. The van der Waals surface area contributed by atoms with Crippen LogP contribution in [0.5, 0.6) is 5.75 Å². The van der Waals surface area contributed by atoms with Crippen molar-refractivity contribution in [1.82, 2.24) is 9.97 Å². The molecule has 0 radical (unpaired) electrons. The van der Waals surface area contributed by atoms with Crippen molar-refractivity contribution in [3.63, 3.8) is 0 Å². The number of aryl methyl sites for hydroxylation is 2. The lowest BCUT2D eigenvalue weighted by atomic mass is 10.2. The molecule has 0 amide bonds. The summed E-state index contributed by atoms with van der Waals surface area (Å²) < 4.78 is 5.32. The number of aromatic nitrogens is 2. The first-order valence-corrected chi connectivity index (χ1v) is 6.66. The molecule has 2 rings (SSSR count). The van der Waals surface area contributed by atoms with Crippen LogP contribution in [0.1, 0.15) is 18.3 Å². The van der Waals surface area contributed by atoms with Crippen molar-refractivity contribution in [3.05, 3.63) is 34.6 Å². The topological polar surface area (TPSA) is 73.1 Å². The van der Waals surface area contributed by atoms with Crippen LogP contribution < -0.4 is 15.8 Å². The van der Waals surface area contributed by atoms with E-state index < -0.39 is 0 Å². The molecule has 6 heteroatoms. The molecule has 0 bridgehead atoms. The van der Waals surface area contributed by atoms with Gasteiger partial charge in [-0.25, -0.2) is 9.97 Å². The molecular weight excluding hydrogens is 276 g/mol. The molecule has 2 aromatic rings. The second-order valence-corrected chi connectivity index (χ2v) is 4.78. The average Bonchev–Trinajstić information content (AvgIpc) is 2.42. The van der Waals surface area contributed by atoms with Crippen LogP contribution in [0.2, 0.25) is 5.02 Å². The van der Waals surface area contributed by atoms with Crippen LogP contribution in [0.15, 0.2) is 18.2 Å². The fourth-order valence-electron chi connectivity index (χ4n) is 1.81. The number of ether oxygens (including phenoxy) is 1. The van der Waals surface area contributed by atoms with E-state index in [9.17, 15) is 0 Å². The number of hydrogen-bond donors (Lipinski definition) is 2. The lowest BCUT2D eigenvalue weighted by Gasteiger charge is -2.13. The van der Waals surface area contributed by atoms with Gasteiger partial charge in [-0.2, -0.15) is 0 Å². The fraction of sp³-hybridized carbons (Fsp3) is 0.286. The lowest BCUT2D eigenvalue weighted by molar-refractivity contribution is 0.416. The van der Waals surface area contributed by atoms with Gasteiger partial charge < -0.3 is 15.8 Å². The molecule has 1 aromatic carbocycles. The van der Waals surface area contributed by atoms with Gasteiger partial charge in [-0.3, -0.25) is 0 Å². The van der Waals surface area contributed by atoms with Crippen molar-refractivity contribution >= 4 is 28.9 Å². The zero-order valence-corrected chi connectivity index (χ0v) is 12.5. The molecule has 1 aromatic heterocycles. The van der Waals surface area contributed by atoms with Crippen LogP contribution >= 0.6 is 11.6 Å². The highest BCUT2D eigenvalue weighted by Gasteiger charge is 2.09. The third kappa shape index (κ3) is 3.11. The summed E-state index contributed by atoms with van der Waals surface area (Å²) in [4.78, 5) is 8.53. The highest BCUT2D eigenvalue weighted by atomic mass is 35.5. The van der Waals surface area contributed by atoms with Crippen molar-refractivity contribution in [2.45, 2.75) is 20.3 Å². The van der Waals surface area contributed by atoms with Crippen LogP contribution in [-0.4, -0.2) is 17.1 Å². The Balaban J connectivity index is 2.39. The number of anilines is 3. The third-order valence-corrected chi connectivity index (χ3v) is 3.26. The molecule has 5 nitrogen and oxygen atoms in total. The molecule has 0 aliphatic rings. The second-order valence-electron chi connectivity index (χ2n) is 4.37. The smallest absolute Gasteiger partial charge is 0.143 e. The van der Waals surface area contributed by atoms with Gasteiger partial charge in [0.15, 0.2) is 0 Å². The largest absolute Gasteiger partial charge is 0.495 e. The normalized spacial score (nSPS) is 10.4. The number of methoxy groups -OCH3 is 1. The van der Waals surface area contributed by atoms with E-state index in [0.717, 1.165) is 17.7 Å². The monoisotopic (exact) mass is 292 g/mol. The van der Waals surface area contributed by atoms with E-state index in [1.807, 2.05) is 19.9 Å². The molecule has 0 spiro atoms. The summed E-state index contributed by atoms with van der Waals surface area (Å²) >= 11 is 6.09. The number of nitrogens with one attached hydrogen (secondary N) is 1. The number of hydrogen-bond acceptors (Lipinski definition) is 5. The zero-order valence-electron chi connectivity index (χ0n) is 11.7. The van der Waals surface area contributed by atoms with Gasteiger partial charge in [0.25, 0.3) is 0 Å². The van der Waals surface area contributed by atoms with Gasteiger partial charge in [-0.15, -0.1) is 0 Å². The van der Waals surface area contributed by atoms with E-state index in [1.54, 1.807) is 19.2 Å². The number of rotatable bonds is 4. The number of nitrogens with two attached hydrogens (primary N) is 1. The Hall–Kier alpha value is -2.01. The Kier molecular flexibility index (Phi) is 4.29. The van der Waals surface area contributed by atoms with Crippen molar-refractivity contribution in [2.75, 3.05) is 18.2 Å². The molecule has 0 aliphatic heterocycles. The first-order valence-electron chi connectivity index (χ1n) is 6.28. The third-order valence-electron chi connectivity index (χ3n) is 2.85. The highest BCUT2D eigenvalue weighted by Crippen LogP contribution is 2.32. The van der Waals surface area contributed by atoms with Crippen LogP contribution in [0.4, 0.5) is 17.3 Å².